The van der Waals surface area contributed by atoms with E-state index < -0.39 is 35.0 Å². The van der Waals surface area contributed by atoms with Crippen molar-refractivity contribution in [2.24, 2.45) is 5.16 Å². The summed E-state index contributed by atoms with van der Waals surface area (Å²) in [6, 6.07) is 6.87. The number of β-lactam (4-membered cyclic amide) rings is 1. The molecule has 3 aliphatic heterocycles. The van der Waals surface area contributed by atoms with Crippen molar-refractivity contribution in [1.29, 1.82) is 0 Å². The quantitative estimate of drug-likeness (QED) is 0.217. The number of carbonyl (C=O) groups is 3. The van der Waals surface area contributed by atoms with Crippen LogP contribution in [0.5, 0.6) is 0 Å². The molecule has 0 saturated carbocycles. The average Bonchev–Trinajstić information content (AvgIpc) is 3.50. The Morgan fingerprint density at radius 3 is 2.81 bits per heavy atom. The molecule has 4 heterocycles. The summed E-state index contributed by atoms with van der Waals surface area (Å²) in [6.07, 6.45) is 0. The highest BCUT2D eigenvalue weighted by Gasteiger charge is 2.55. The van der Waals surface area contributed by atoms with Gasteiger partial charge in [-0.3, -0.25) is 14.5 Å². The van der Waals surface area contributed by atoms with Crippen molar-refractivity contribution in [3.8, 4) is 0 Å². The third-order valence-corrected chi connectivity index (χ3v) is 9.45. The number of nitrogens with zero attached hydrogens (tertiary/aromatic N) is 3. The van der Waals surface area contributed by atoms with Crippen molar-refractivity contribution in [3.63, 3.8) is 0 Å². The van der Waals surface area contributed by atoms with Gasteiger partial charge >= 0.3 is 5.97 Å². The molecule has 36 heavy (non-hydrogen) atoms. The number of carboxylic acids is 1. The molecule has 0 spiro atoms. The maximum atomic E-state index is 13.0. The molecule has 0 aliphatic carbocycles. The van der Waals surface area contributed by atoms with Crippen LogP contribution in [0.4, 0.5) is 0 Å². The molecule has 2 saturated heterocycles. The number of nitrogens with one attached hydrogen (secondary N) is 1. The second-order valence-corrected chi connectivity index (χ2v) is 11.5. The lowest BCUT2D eigenvalue weighted by atomic mass is 10.0. The summed E-state index contributed by atoms with van der Waals surface area (Å²) in [5.41, 5.74) is 1.33. The van der Waals surface area contributed by atoms with Crippen LogP contribution in [0, 0.1) is 0 Å². The Morgan fingerprint density at radius 2 is 2.11 bits per heavy atom. The Balaban J connectivity index is 1.30. The molecule has 1 unspecified atom stereocenters. The molecule has 2 amide bonds. The van der Waals surface area contributed by atoms with Gasteiger partial charge < -0.3 is 24.7 Å². The first-order valence-electron chi connectivity index (χ1n) is 10.9. The Morgan fingerprint density at radius 1 is 1.36 bits per heavy atom. The minimum Gasteiger partial charge on any atom is -0.477 e. The van der Waals surface area contributed by atoms with Crippen molar-refractivity contribution in [2.45, 2.75) is 28.5 Å². The molecule has 190 valence electrons. The summed E-state index contributed by atoms with van der Waals surface area (Å²) >= 11 is 4.38. The van der Waals surface area contributed by atoms with Crippen LogP contribution in [0.25, 0.3) is 10.2 Å². The average molecular weight is 551 g/mol. The smallest absolute Gasteiger partial charge is 0.352 e. The van der Waals surface area contributed by atoms with Crippen LogP contribution >= 0.6 is 34.9 Å². The summed E-state index contributed by atoms with van der Waals surface area (Å²) in [6.45, 7) is 2.11. The van der Waals surface area contributed by atoms with Crippen molar-refractivity contribution < 1.29 is 33.8 Å². The van der Waals surface area contributed by atoms with Crippen LogP contribution in [0.3, 0.4) is 0 Å². The third-order valence-electron chi connectivity index (χ3n) is 5.85. The van der Waals surface area contributed by atoms with E-state index in [4.69, 9.17) is 14.3 Å². The van der Waals surface area contributed by atoms with Gasteiger partial charge in [0.2, 0.25) is 11.5 Å². The highest BCUT2D eigenvalue weighted by molar-refractivity contribution is 8.02. The lowest BCUT2D eigenvalue weighted by molar-refractivity contribution is -0.150. The van der Waals surface area contributed by atoms with Gasteiger partial charge in [-0.25, -0.2) is 9.78 Å². The van der Waals surface area contributed by atoms with E-state index in [1.54, 1.807) is 18.3 Å². The number of carbonyl (C=O) groups excluding carboxylic acids is 2. The standard InChI is InChI=1S/C22H22N4O7S3/c1-22(32-7-8-33-22)16(25-31-2)17(27)24-14-18(28)26-15(20(29)30)11(9-34-19(14)26)10-35-21-23-12-5-3-4-6-13(12)36-21/h3-6,14,19H,7-10H2,1-2H3,(H,24,27)(H,29,30)/t14?,19-/m1/s1. The summed E-state index contributed by atoms with van der Waals surface area (Å²) in [4.78, 5) is 48.7. The van der Waals surface area contributed by atoms with Gasteiger partial charge in [0, 0.05) is 11.5 Å². The van der Waals surface area contributed by atoms with Crippen LogP contribution in [0.15, 0.2) is 45.0 Å². The SMILES string of the molecule is CON=C(C(=O)NC1C(=O)N2C(C(=O)O)=C(CSc3nc4ccccc4s3)CS[C@H]12)C1(C)OCCO1. The van der Waals surface area contributed by atoms with E-state index in [-0.39, 0.29) is 24.6 Å². The molecule has 2 N–H and O–H groups in total. The maximum absolute atomic E-state index is 13.0. The van der Waals surface area contributed by atoms with Gasteiger partial charge in [-0.2, -0.15) is 0 Å². The van der Waals surface area contributed by atoms with Crippen molar-refractivity contribution in [1.82, 2.24) is 15.2 Å². The molecule has 2 aromatic rings. The molecular formula is C22H22N4O7S3. The molecule has 2 atom stereocenters. The number of thioether (sulfide) groups is 2. The predicted molar refractivity (Wildman–Crippen MR) is 135 cm³/mol. The third kappa shape index (κ3) is 4.47. The number of ether oxygens (including phenoxy) is 2. The fourth-order valence-corrected chi connectivity index (χ4v) is 7.69. The van der Waals surface area contributed by atoms with Crippen LogP contribution in [-0.4, -0.2) is 87.5 Å². The van der Waals surface area contributed by atoms with Crippen LogP contribution in [0.1, 0.15) is 6.92 Å². The number of amides is 2. The van der Waals surface area contributed by atoms with Crippen molar-refractivity contribution in [2.75, 3.05) is 31.8 Å². The molecule has 0 bridgehead atoms. The number of aliphatic carboxylic acids is 1. The maximum Gasteiger partial charge on any atom is 0.352 e. The van der Waals surface area contributed by atoms with Crippen LogP contribution in [-0.2, 0) is 28.7 Å². The fraction of sp³-hybridized carbons (Fsp3) is 0.409. The second kappa shape index (κ2) is 10.0. The number of fused-ring (bicyclic) bond motifs is 2. The topological polar surface area (TPSA) is 140 Å². The molecule has 1 aromatic heterocycles. The van der Waals surface area contributed by atoms with E-state index in [2.05, 4.69) is 15.5 Å². The number of hydrogen-bond acceptors (Lipinski definition) is 11. The lowest BCUT2D eigenvalue weighted by Gasteiger charge is -2.49. The fourth-order valence-electron chi connectivity index (χ4n) is 4.14. The Labute approximate surface area is 218 Å². The zero-order chi connectivity index (χ0) is 25.4. The molecule has 5 rings (SSSR count). The zero-order valence-electron chi connectivity index (χ0n) is 19.3. The van der Waals surface area contributed by atoms with E-state index in [0.29, 0.717) is 17.1 Å². The van der Waals surface area contributed by atoms with Gasteiger partial charge in [-0.15, -0.1) is 23.1 Å². The zero-order valence-corrected chi connectivity index (χ0v) is 21.7. The van der Waals surface area contributed by atoms with Crippen LogP contribution in [0.2, 0.25) is 0 Å². The molecule has 14 heteroatoms. The summed E-state index contributed by atoms with van der Waals surface area (Å²) in [5.74, 6) is -2.97. The van der Waals surface area contributed by atoms with Crippen molar-refractivity contribution >= 4 is 68.6 Å². The molecular weight excluding hydrogens is 528 g/mol. The van der Waals surface area contributed by atoms with E-state index in [0.717, 1.165) is 14.6 Å². The normalized spacial score (nSPS) is 23.4. The monoisotopic (exact) mass is 550 g/mol. The Kier molecular flexibility index (Phi) is 6.96. The van der Waals surface area contributed by atoms with Gasteiger partial charge in [0.15, 0.2) is 4.34 Å². The first-order valence-corrected chi connectivity index (χ1v) is 13.8. The van der Waals surface area contributed by atoms with Gasteiger partial charge in [0.1, 0.15) is 24.2 Å². The Bertz CT molecular complexity index is 1250. The number of rotatable bonds is 8. The first-order chi connectivity index (χ1) is 17.3. The van der Waals surface area contributed by atoms with Crippen molar-refractivity contribution in [3.05, 3.63) is 35.5 Å². The lowest BCUT2D eigenvalue weighted by Crippen LogP contribution is -2.71. The summed E-state index contributed by atoms with van der Waals surface area (Å²) < 4.78 is 12.9. The van der Waals surface area contributed by atoms with E-state index >= 15 is 0 Å². The number of aromatic nitrogens is 1. The summed E-state index contributed by atoms with van der Waals surface area (Å²) in [7, 11) is 1.29. The van der Waals surface area contributed by atoms with E-state index in [1.807, 2.05) is 24.3 Å². The number of oxime groups is 1. The van der Waals surface area contributed by atoms with Gasteiger partial charge in [0.05, 0.1) is 23.4 Å². The number of carboxylic acid groups (broad SMARTS) is 1. The predicted octanol–water partition coefficient (Wildman–Crippen LogP) is 1.89. The highest BCUT2D eigenvalue weighted by Crippen LogP contribution is 2.42. The van der Waals surface area contributed by atoms with Crippen LogP contribution < -0.4 is 5.32 Å². The molecule has 2 fully saturated rings. The minimum atomic E-state index is -1.40. The number of thiazole rings is 1. The van der Waals surface area contributed by atoms with Gasteiger partial charge in [-0.05, 0) is 24.6 Å². The Hall–Kier alpha value is -2.65. The van der Waals surface area contributed by atoms with Gasteiger partial charge in [0.25, 0.3) is 11.8 Å². The second-order valence-electron chi connectivity index (χ2n) is 8.12. The minimum absolute atomic E-state index is 0.0388. The largest absolute Gasteiger partial charge is 0.477 e. The number of benzene rings is 1. The molecule has 0 radical (unpaired) electrons. The highest BCUT2D eigenvalue weighted by atomic mass is 32.2. The van der Waals surface area contributed by atoms with Gasteiger partial charge in [-0.1, -0.05) is 29.1 Å². The summed E-state index contributed by atoms with van der Waals surface area (Å²) in [5, 5.41) is 15.8. The molecule has 1 aromatic carbocycles. The van der Waals surface area contributed by atoms with E-state index in [1.165, 1.54) is 35.5 Å². The van der Waals surface area contributed by atoms with E-state index in [9.17, 15) is 19.5 Å². The number of hydrogen-bond donors (Lipinski definition) is 2. The first kappa shape index (κ1) is 25.0. The molecule has 3 aliphatic rings. The molecule has 11 nitrogen and oxygen atoms in total. The number of para-hydroxylation sites is 1.